The van der Waals surface area contributed by atoms with Crippen LogP contribution in [0.15, 0.2) is 12.1 Å². The molecule has 2 aromatic rings. The van der Waals surface area contributed by atoms with Crippen LogP contribution in [0.4, 0.5) is 11.5 Å². The molecule has 0 saturated carbocycles. The fourth-order valence-electron chi connectivity index (χ4n) is 2.80. The van der Waals surface area contributed by atoms with Gasteiger partial charge in [-0.2, -0.15) is 0 Å². The van der Waals surface area contributed by atoms with Crippen molar-refractivity contribution in [3.8, 4) is 0 Å². The minimum Gasteiger partial charge on any atom is -0.394 e. The maximum atomic E-state index is 6.34. The molecule has 0 radical (unpaired) electrons. The van der Waals surface area contributed by atoms with Crippen LogP contribution in [-0.2, 0) is 6.42 Å². The zero-order valence-electron chi connectivity index (χ0n) is 11.1. The van der Waals surface area contributed by atoms with E-state index in [4.69, 9.17) is 10.8 Å². The van der Waals surface area contributed by atoms with Crippen molar-refractivity contribution in [3.05, 3.63) is 23.4 Å². The van der Waals surface area contributed by atoms with Crippen LogP contribution in [0.25, 0.3) is 5.52 Å². The van der Waals surface area contributed by atoms with Crippen LogP contribution in [0.2, 0.25) is 0 Å². The Morgan fingerprint density at radius 1 is 1.28 bits per heavy atom. The summed E-state index contributed by atoms with van der Waals surface area (Å²) >= 11 is 0. The second-order valence-corrected chi connectivity index (χ2v) is 5.05. The van der Waals surface area contributed by atoms with E-state index in [9.17, 15) is 0 Å². The summed E-state index contributed by atoms with van der Waals surface area (Å²) in [4.78, 5) is 2.31. The highest BCUT2D eigenvalue weighted by atomic mass is 15.3. The number of nitrogens with two attached hydrogens (primary N) is 1. The molecular formula is C14H20N4. The Morgan fingerprint density at radius 2 is 2.00 bits per heavy atom. The number of aryl methyl sites for hydroxylation is 2. The largest absolute Gasteiger partial charge is 0.394 e. The summed E-state index contributed by atoms with van der Waals surface area (Å²) in [6.07, 6.45) is 3.47. The van der Waals surface area contributed by atoms with E-state index in [0.29, 0.717) is 0 Å². The number of fused-ring (bicyclic) bond motifs is 1. The van der Waals surface area contributed by atoms with Crippen LogP contribution in [0, 0.1) is 6.92 Å². The predicted molar refractivity (Wildman–Crippen MR) is 75.2 cm³/mol. The van der Waals surface area contributed by atoms with Crippen molar-refractivity contribution in [2.45, 2.75) is 33.1 Å². The van der Waals surface area contributed by atoms with Gasteiger partial charge in [-0.05, 0) is 37.8 Å². The van der Waals surface area contributed by atoms with E-state index in [1.807, 2.05) is 4.52 Å². The van der Waals surface area contributed by atoms with E-state index in [2.05, 4.69) is 30.9 Å². The number of pyridine rings is 1. The summed E-state index contributed by atoms with van der Waals surface area (Å²) in [5, 5.41) is 4.72. The van der Waals surface area contributed by atoms with Gasteiger partial charge in [-0.3, -0.25) is 0 Å². The molecular weight excluding hydrogens is 224 g/mol. The minimum absolute atomic E-state index is 0.845. The van der Waals surface area contributed by atoms with E-state index < -0.39 is 0 Å². The number of rotatable bonds is 2. The molecule has 1 fully saturated rings. The van der Waals surface area contributed by atoms with Crippen LogP contribution < -0.4 is 10.6 Å². The van der Waals surface area contributed by atoms with Crippen molar-refractivity contribution < 1.29 is 0 Å². The third kappa shape index (κ3) is 1.55. The number of hydrogen-bond acceptors (Lipinski definition) is 3. The van der Waals surface area contributed by atoms with Gasteiger partial charge in [0.2, 0.25) is 0 Å². The molecule has 0 atom stereocenters. The van der Waals surface area contributed by atoms with Crippen molar-refractivity contribution in [2.75, 3.05) is 23.7 Å². The van der Waals surface area contributed by atoms with Crippen LogP contribution in [0.3, 0.4) is 0 Å². The van der Waals surface area contributed by atoms with E-state index in [0.717, 1.165) is 42.2 Å². The molecule has 1 aliphatic rings. The normalized spacial score (nSPS) is 15.8. The molecule has 2 aromatic heterocycles. The van der Waals surface area contributed by atoms with Crippen molar-refractivity contribution in [3.63, 3.8) is 0 Å². The summed E-state index contributed by atoms with van der Waals surface area (Å²) < 4.78 is 2.00. The van der Waals surface area contributed by atoms with Gasteiger partial charge in [0.1, 0.15) is 5.69 Å². The highest BCUT2D eigenvalue weighted by molar-refractivity contribution is 5.84. The number of nitrogen functional groups attached to an aromatic ring is 1. The Morgan fingerprint density at radius 3 is 2.67 bits per heavy atom. The zero-order chi connectivity index (χ0) is 12.7. The molecule has 18 heavy (non-hydrogen) atoms. The second kappa shape index (κ2) is 4.19. The molecule has 4 nitrogen and oxygen atoms in total. The fourth-order valence-corrected chi connectivity index (χ4v) is 2.80. The van der Waals surface area contributed by atoms with E-state index in [1.54, 1.807) is 0 Å². The Hall–Kier alpha value is -1.71. The Kier molecular flexibility index (Phi) is 2.65. The highest BCUT2D eigenvalue weighted by Crippen LogP contribution is 2.31. The van der Waals surface area contributed by atoms with Crippen molar-refractivity contribution in [1.82, 2.24) is 9.61 Å². The third-order valence-electron chi connectivity index (χ3n) is 3.85. The summed E-state index contributed by atoms with van der Waals surface area (Å²) in [5.74, 6) is 0.969. The van der Waals surface area contributed by atoms with E-state index in [1.165, 1.54) is 18.4 Å². The molecule has 0 unspecified atom stereocenters. The van der Waals surface area contributed by atoms with Crippen LogP contribution in [-0.4, -0.2) is 22.7 Å². The average molecular weight is 244 g/mol. The lowest BCUT2D eigenvalue weighted by Gasteiger charge is -2.14. The molecule has 0 spiro atoms. The molecule has 0 amide bonds. The van der Waals surface area contributed by atoms with Gasteiger partial charge in [-0.1, -0.05) is 13.0 Å². The lowest BCUT2D eigenvalue weighted by Crippen LogP contribution is -2.19. The molecule has 2 N–H and O–H groups in total. The number of nitrogens with zero attached hydrogens (tertiary/aromatic N) is 3. The average Bonchev–Trinajstić information content (AvgIpc) is 2.99. The molecule has 0 aromatic carbocycles. The van der Waals surface area contributed by atoms with Gasteiger partial charge >= 0.3 is 0 Å². The smallest absolute Gasteiger partial charge is 0.174 e. The van der Waals surface area contributed by atoms with E-state index in [-0.39, 0.29) is 0 Å². The first-order valence-corrected chi connectivity index (χ1v) is 6.74. The molecule has 1 saturated heterocycles. The lowest BCUT2D eigenvalue weighted by atomic mass is 10.1. The quantitative estimate of drug-likeness (QED) is 0.882. The molecule has 3 rings (SSSR count). The van der Waals surface area contributed by atoms with Crippen molar-refractivity contribution >= 4 is 17.0 Å². The predicted octanol–water partition coefficient (Wildman–Crippen LogP) is 2.39. The summed E-state index contributed by atoms with van der Waals surface area (Å²) in [6.45, 7) is 6.39. The molecule has 3 heterocycles. The molecule has 4 heteroatoms. The first kappa shape index (κ1) is 11.4. The highest BCUT2D eigenvalue weighted by Gasteiger charge is 2.21. The fraction of sp³-hybridized carbons (Fsp3) is 0.500. The maximum Gasteiger partial charge on any atom is 0.174 e. The van der Waals surface area contributed by atoms with Gasteiger partial charge in [0.25, 0.3) is 0 Å². The SMILES string of the molecule is CCc1ccc(C)n2nc(N3CCCC3)c(N)c12. The summed E-state index contributed by atoms with van der Waals surface area (Å²) in [5.41, 5.74) is 10.7. The topological polar surface area (TPSA) is 46.6 Å². The first-order valence-electron chi connectivity index (χ1n) is 6.74. The van der Waals surface area contributed by atoms with Gasteiger partial charge in [0.05, 0.1) is 5.52 Å². The van der Waals surface area contributed by atoms with Gasteiger partial charge in [0, 0.05) is 18.8 Å². The Labute approximate surface area is 107 Å². The minimum atomic E-state index is 0.845. The maximum absolute atomic E-state index is 6.34. The van der Waals surface area contributed by atoms with Gasteiger partial charge in [-0.25, -0.2) is 4.52 Å². The summed E-state index contributed by atoms with van der Waals surface area (Å²) in [7, 11) is 0. The van der Waals surface area contributed by atoms with Crippen LogP contribution in [0.1, 0.15) is 31.0 Å². The Balaban J connectivity index is 2.23. The Bertz CT molecular complexity index is 579. The lowest BCUT2D eigenvalue weighted by molar-refractivity contribution is 0.860. The van der Waals surface area contributed by atoms with Crippen molar-refractivity contribution in [2.24, 2.45) is 0 Å². The number of hydrogen-bond donors (Lipinski definition) is 1. The second-order valence-electron chi connectivity index (χ2n) is 5.05. The molecule has 0 aliphatic carbocycles. The standard InChI is InChI=1S/C14H20N4/c1-3-11-7-6-10(2)18-13(11)12(15)14(16-18)17-8-4-5-9-17/h6-7H,3-5,8-9,15H2,1-2H3. The third-order valence-corrected chi connectivity index (χ3v) is 3.85. The number of anilines is 2. The van der Waals surface area contributed by atoms with Gasteiger partial charge < -0.3 is 10.6 Å². The number of aromatic nitrogens is 2. The first-order chi connectivity index (χ1) is 8.72. The van der Waals surface area contributed by atoms with Crippen LogP contribution in [0.5, 0.6) is 0 Å². The monoisotopic (exact) mass is 244 g/mol. The molecule has 96 valence electrons. The molecule has 0 bridgehead atoms. The molecule has 1 aliphatic heterocycles. The van der Waals surface area contributed by atoms with Crippen LogP contribution >= 0.6 is 0 Å². The van der Waals surface area contributed by atoms with Gasteiger partial charge in [0.15, 0.2) is 5.82 Å². The van der Waals surface area contributed by atoms with E-state index >= 15 is 0 Å². The van der Waals surface area contributed by atoms with Gasteiger partial charge in [-0.15, -0.1) is 5.10 Å². The van der Waals surface area contributed by atoms with Crippen molar-refractivity contribution in [1.29, 1.82) is 0 Å². The zero-order valence-corrected chi connectivity index (χ0v) is 11.1. The summed E-state index contributed by atoms with van der Waals surface area (Å²) in [6, 6.07) is 4.28.